The van der Waals surface area contributed by atoms with Crippen LogP contribution in [0.4, 0.5) is 4.39 Å². The van der Waals surface area contributed by atoms with Crippen molar-refractivity contribution in [2.24, 2.45) is 11.7 Å². The van der Waals surface area contributed by atoms with Crippen molar-refractivity contribution < 1.29 is 23.5 Å². The Bertz CT molecular complexity index is 622. The largest absolute Gasteiger partial charge is 0.493 e. The van der Waals surface area contributed by atoms with Gasteiger partial charge in [-0.1, -0.05) is 13.8 Å². The number of methoxy groups -OCH3 is 2. The Balaban J connectivity index is 2.71. The highest BCUT2D eigenvalue weighted by molar-refractivity contribution is 5.87. The van der Waals surface area contributed by atoms with Crippen LogP contribution < -0.4 is 25.8 Å². The van der Waals surface area contributed by atoms with Gasteiger partial charge in [0.05, 0.1) is 32.8 Å². The van der Waals surface area contributed by atoms with Crippen LogP contribution in [-0.2, 0) is 9.59 Å². The molecule has 0 spiro atoms. The fourth-order valence-electron chi connectivity index (χ4n) is 2.16. The first-order valence-electron chi connectivity index (χ1n) is 7.95. The van der Waals surface area contributed by atoms with Gasteiger partial charge in [0.1, 0.15) is 5.82 Å². The standard InChI is InChI=1S/C17H26FN3O4/c1-9(2)16(19)17(23)20-8-15(22)21-10(3)11-6-13(24-4)14(25-5)7-12(11)18/h6-7,9-10,16H,8,19H2,1-5H3,(H,20,23)(H,21,22)/t10?,16-/m0/s1. The van der Waals surface area contributed by atoms with Crippen molar-refractivity contribution in [2.45, 2.75) is 32.9 Å². The first kappa shape index (κ1) is 20.7. The zero-order valence-corrected chi connectivity index (χ0v) is 15.2. The minimum Gasteiger partial charge on any atom is -0.493 e. The summed E-state index contributed by atoms with van der Waals surface area (Å²) in [5, 5.41) is 5.08. The van der Waals surface area contributed by atoms with Crippen LogP contribution >= 0.6 is 0 Å². The molecule has 7 nitrogen and oxygen atoms in total. The van der Waals surface area contributed by atoms with Crippen molar-refractivity contribution in [2.75, 3.05) is 20.8 Å². The smallest absolute Gasteiger partial charge is 0.239 e. The fraction of sp³-hybridized carbons (Fsp3) is 0.529. The van der Waals surface area contributed by atoms with Crippen molar-refractivity contribution in [3.63, 3.8) is 0 Å². The number of carbonyl (C=O) groups is 2. The minimum atomic E-state index is -0.687. The van der Waals surface area contributed by atoms with Crippen LogP contribution in [0, 0.1) is 11.7 Å². The fourth-order valence-corrected chi connectivity index (χ4v) is 2.16. The monoisotopic (exact) mass is 355 g/mol. The maximum Gasteiger partial charge on any atom is 0.239 e. The maximum absolute atomic E-state index is 14.2. The lowest BCUT2D eigenvalue weighted by Gasteiger charge is -2.19. The summed E-state index contributed by atoms with van der Waals surface area (Å²) in [6.45, 7) is 5.01. The van der Waals surface area contributed by atoms with E-state index in [4.69, 9.17) is 15.2 Å². The molecule has 2 amide bonds. The zero-order valence-electron chi connectivity index (χ0n) is 15.2. The molecule has 4 N–H and O–H groups in total. The molecule has 8 heteroatoms. The van der Waals surface area contributed by atoms with E-state index in [-0.39, 0.29) is 23.8 Å². The molecule has 0 radical (unpaired) electrons. The van der Waals surface area contributed by atoms with Crippen LogP contribution in [0.2, 0.25) is 0 Å². The summed E-state index contributed by atoms with van der Waals surface area (Å²) in [6, 6.07) is 1.35. The van der Waals surface area contributed by atoms with Crippen LogP contribution in [0.3, 0.4) is 0 Å². The Morgan fingerprint density at radius 3 is 2.24 bits per heavy atom. The van der Waals surface area contributed by atoms with Gasteiger partial charge in [-0.15, -0.1) is 0 Å². The average molecular weight is 355 g/mol. The summed E-state index contributed by atoms with van der Waals surface area (Å²) in [6.07, 6.45) is 0. The van der Waals surface area contributed by atoms with Crippen molar-refractivity contribution in [3.8, 4) is 11.5 Å². The number of nitrogens with one attached hydrogen (secondary N) is 2. The van der Waals surface area contributed by atoms with E-state index in [1.165, 1.54) is 26.4 Å². The summed E-state index contributed by atoms with van der Waals surface area (Å²) in [7, 11) is 2.85. The maximum atomic E-state index is 14.2. The van der Waals surface area contributed by atoms with E-state index in [0.29, 0.717) is 5.75 Å². The molecular formula is C17H26FN3O4. The quantitative estimate of drug-likeness (QED) is 0.648. The molecule has 0 saturated heterocycles. The molecule has 140 valence electrons. The lowest BCUT2D eigenvalue weighted by atomic mass is 10.1. The van der Waals surface area contributed by atoms with Gasteiger partial charge < -0.3 is 25.8 Å². The molecule has 25 heavy (non-hydrogen) atoms. The molecule has 0 aliphatic carbocycles. The number of rotatable bonds is 8. The number of nitrogens with two attached hydrogens (primary N) is 1. The van der Waals surface area contributed by atoms with Crippen molar-refractivity contribution in [1.29, 1.82) is 0 Å². The van der Waals surface area contributed by atoms with Crippen LogP contribution in [0.5, 0.6) is 11.5 Å². The zero-order chi connectivity index (χ0) is 19.1. The number of halogens is 1. The van der Waals surface area contributed by atoms with Gasteiger partial charge in [-0.05, 0) is 18.9 Å². The van der Waals surface area contributed by atoms with Gasteiger partial charge in [-0.2, -0.15) is 0 Å². The van der Waals surface area contributed by atoms with Gasteiger partial charge in [-0.3, -0.25) is 9.59 Å². The molecule has 0 heterocycles. The summed E-state index contributed by atoms with van der Waals surface area (Å²) >= 11 is 0. The van der Waals surface area contributed by atoms with Gasteiger partial charge in [0.2, 0.25) is 11.8 Å². The first-order chi connectivity index (χ1) is 11.7. The molecule has 0 aliphatic rings. The van der Waals surface area contributed by atoms with Crippen molar-refractivity contribution in [3.05, 3.63) is 23.5 Å². The van der Waals surface area contributed by atoms with E-state index >= 15 is 0 Å². The van der Waals surface area contributed by atoms with Gasteiger partial charge in [0.25, 0.3) is 0 Å². The first-order valence-corrected chi connectivity index (χ1v) is 7.95. The Hall–Kier alpha value is -2.35. The van der Waals surface area contributed by atoms with Gasteiger partial charge >= 0.3 is 0 Å². The minimum absolute atomic E-state index is 0.0390. The third kappa shape index (κ3) is 5.60. The molecule has 0 aliphatic heterocycles. The number of amides is 2. The summed E-state index contributed by atoms with van der Waals surface area (Å²) in [5.74, 6) is -0.811. The molecule has 1 rings (SSSR count). The predicted molar refractivity (Wildman–Crippen MR) is 91.9 cm³/mol. The highest BCUT2D eigenvalue weighted by atomic mass is 19.1. The normalized spacial score (nSPS) is 13.1. The number of hydrogen-bond donors (Lipinski definition) is 3. The summed E-state index contributed by atoms with van der Waals surface area (Å²) in [4.78, 5) is 23.7. The number of hydrogen-bond acceptors (Lipinski definition) is 5. The predicted octanol–water partition coefficient (Wildman–Crippen LogP) is 1.12. The van der Waals surface area contributed by atoms with Crippen LogP contribution in [0.1, 0.15) is 32.4 Å². The third-order valence-electron chi connectivity index (χ3n) is 3.79. The lowest BCUT2D eigenvalue weighted by molar-refractivity contribution is -0.127. The summed E-state index contributed by atoms with van der Waals surface area (Å²) in [5.41, 5.74) is 5.95. The summed E-state index contributed by atoms with van der Waals surface area (Å²) < 4.78 is 24.4. The highest BCUT2D eigenvalue weighted by Crippen LogP contribution is 2.32. The third-order valence-corrected chi connectivity index (χ3v) is 3.79. The Labute approximate surface area is 147 Å². The van der Waals surface area contributed by atoms with E-state index in [1.54, 1.807) is 6.92 Å². The Morgan fingerprint density at radius 2 is 1.72 bits per heavy atom. The SMILES string of the molecule is COc1cc(F)c(C(C)NC(=O)CNC(=O)[C@@H](N)C(C)C)cc1OC. The van der Waals surface area contributed by atoms with E-state index in [0.717, 1.165) is 0 Å². The van der Waals surface area contributed by atoms with E-state index in [9.17, 15) is 14.0 Å². The highest BCUT2D eigenvalue weighted by Gasteiger charge is 2.20. The second kappa shape index (κ2) is 9.22. The second-order valence-corrected chi connectivity index (χ2v) is 6.01. The van der Waals surface area contributed by atoms with Gasteiger partial charge in [-0.25, -0.2) is 4.39 Å². The molecule has 1 unspecified atom stereocenters. The molecule has 1 aromatic carbocycles. The van der Waals surface area contributed by atoms with E-state index in [1.807, 2.05) is 13.8 Å². The molecule has 2 atom stereocenters. The van der Waals surface area contributed by atoms with E-state index < -0.39 is 29.7 Å². The molecule has 0 saturated carbocycles. The van der Waals surface area contributed by atoms with Crippen molar-refractivity contribution in [1.82, 2.24) is 10.6 Å². The van der Waals surface area contributed by atoms with Gasteiger partial charge in [0.15, 0.2) is 11.5 Å². The van der Waals surface area contributed by atoms with E-state index in [2.05, 4.69) is 10.6 Å². The number of benzene rings is 1. The number of carbonyl (C=O) groups excluding carboxylic acids is 2. The van der Waals surface area contributed by atoms with Crippen LogP contribution in [0.25, 0.3) is 0 Å². The Morgan fingerprint density at radius 1 is 1.16 bits per heavy atom. The molecular weight excluding hydrogens is 329 g/mol. The van der Waals surface area contributed by atoms with Gasteiger partial charge in [0, 0.05) is 11.6 Å². The average Bonchev–Trinajstić information content (AvgIpc) is 2.58. The molecule has 0 aromatic heterocycles. The topological polar surface area (TPSA) is 103 Å². The van der Waals surface area contributed by atoms with Crippen LogP contribution in [0.15, 0.2) is 12.1 Å². The van der Waals surface area contributed by atoms with Crippen LogP contribution in [-0.4, -0.2) is 38.6 Å². The molecule has 1 aromatic rings. The second-order valence-electron chi connectivity index (χ2n) is 6.01. The van der Waals surface area contributed by atoms with Crippen molar-refractivity contribution >= 4 is 11.8 Å². The molecule has 0 fully saturated rings. The lowest BCUT2D eigenvalue weighted by Crippen LogP contribution is -2.47. The Kier molecular flexibility index (Phi) is 7.63. The number of ether oxygens (including phenoxy) is 2. The molecule has 0 bridgehead atoms.